The highest BCUT2D eigenvalue weighted by Crippen LogP contribution is 2.13. The number of amides is 3. The fourth-order valence-electron chi connectivity index (χ4n) is 1.39. The van der Waals surface area contributed by atoms with Crippen LogP contribution in [0.15, 0.2) is 18.2 Å². The van der Waals surface area contributed by atoms with Crippen LogP contribution in [0.1, 0.15) is 24.0 Å². The van der Waals surface area contributed by atoms with Crippen molar-refractivity contribution in [2.45, 2.75) is 26.7 Å². The van der Waals surface area contributed by atoms with E-state index >= 15 is 0 Å². The van der Waals surface area contributed by atoms with Crippen LogP contribution in [0.3, 0.4) is 0 Å². The molecule has 0 aliphatic carbocycles. The monoisotopic (exact) mass is 264 g/mol. The Morgan fingerprint density at radius 3 is 2.37 bits per heavy atom. The number of hydrogen-bond acceptors (Lipinski definition) is 3. The molecule has 1 aromatic carbocycles. The lowest BCUT2D eigenvalue weighted by Crippen LogP contribution is -2.34. The number of carboxylic acids is 1. The molecule has 0 atom stereocenters. The minimum absolute atomic E-state index is 0.227. The van der Waals surface area contributed by atoms with Crippen LogP contribution < -0.4 is 10.6 Å². The number of nitrogens with one attached hydrogen (secondary N) is 2. The van der Waals surface area contributed by atoms with E-state index in [4.69, 9.17) is 5.11 Å². The van der Waals surface area contributed by atoms with Crippen molar-refractivity contribution in [1.29, 1.82) is 0 Å². The van der Waals surface area contributed by atoms with E-state index in [1.165, 1.54) is 0 Å². The van der Waals surface area contributed by atoms with Crippen molar-refractivity contribution in [3.05, 3.63) is 29.3 Å². The van der Waals surface area contributed by atoms with Gasteiger partial charge in [-0.1, -0.05) is 6.07 Å². The molecule has 0 saturated carbocycles. The molecule has 3 N–H and O–H groups in total. The van der Waals surface area contributed by atoms with Gasteiger partial charge >= 0.3 is 12.0 Å². The molecule has 1 aromatic rings. The molecule has 0 aliphatic rings. The highest BCUT2D eigenvalue weighted by molar-refractivity contribution is 6.01. The first kappa shape index (κ1) is 14.7. The van der Waals surface area contributed by atoms with Crippen LogP contribution in [0, 0.1) is 13.8 Å². The third-order valence-corrected chi connectivity index (χ3v) is 2.58. The standard InChI is InChI=1S/C13H16N2O4/c1-8-3-4-10(7-9(8)2)14-13(19)15-11(16)5-6-12(17)18/h3-4,7H,5-6H2,1-2H3,(H,17,18)(H2,14,15,16,19). The van der Waals surface area contributed by atoms with Crippen LogP contribution in [-0.2, 0) is 9.59 Å². The van der Waals surface area contributed by atoms with Crippen molar-refractivity contribution in [3.8, 4) is 0 Å². The van der Waals surface area contributed by atoms with Gasteiger partial charge in [-0.2, -0.15) is 0 Å². The smallest absolute Gasteiger partial charge is 0.325 e. The molecule has 0 radical (unpaired) electrons. The van der Waals surface area contributed by atoms with Gasteiger partial charge in [-0.05, 0) is 37.1 Å². The molecular formula is C13H16N2O4. The lowest BCUT2D eigenvalue weighted by atomic mass is 10.1. The number of carbonyl (C=O) groups excluding carboxylic acids is 2. The summed E-state index contributed by atoms with van der Waals surface area (Å²) in [7, 11) is 0. The molecule has 102 valence electrons. The Labute approximate surface area is 110 Å². The summed E-state index contributed by atoms with van der Waals surface area (Å²) in [5.41, 5.74) is 2.70. The largest absolute Gasteiger partial charge is 0.481 e. The van der Waals surface area contributed by atoms with E-state index in [0.29, 0.717) is 5.69 Å². The average Bonchev–Trinajstić information content (AvgIpc) is 2.31. The van der Waals surface area contributed by atoms with E-state index in [9.17, 15) is 14.4 Å². The number of imide groups is 1. The van der Waals surface area contributed by atoms with Crippen molar-refractivity contribution >= 4 is 23.6 Å². The number of rotatable bonds is 4. The first-order chi connectivity index (χ1) is 8.88. The molecule has 0 saturated heterocycles. The molecule has 6 heteroatoms. The molecule has 0 unspecified atom stereocenters. The summed E-state index contributed by atoms with van der Waals surface area (Å²) < 4.78 is 0. The fraction of sp³-hybridized carbons (Fsp3) is 0.308. The van der Waals surface area contributed by atoms with E-state index in [1.807, 2.05) is 19.9 Å². The van der Waals surface area contributed by atoms with E-state index < -0.39 is 17.9 Å². The maximum absolute atomic E-state index is 11.5. The second-order valence-corrected chi connectivity index (χ2v) is 4.20. The van der Waals surface area contributed by atoms with Crippen LogP contribution in [0.5, 0.6) is 0 Å². The van der Waals surface area contributed by atoms with Crippen molar-refractivity contribution in [3.63, 3.8) is 0 Å². The number of urea groups is 1. The van der Waals surface area contributed by atoms with Crippen LogP contribution in [0.2, 0.25) is 0 Å². The number of hydrogen-bond donors (Lipinski definition) is 3. The van der Waals surface area contributed by atoms with Gasteiger partial charge in [-0.3, -0.25) is 14.9 Å². The van der Waals surface area contributed by atoms with Gasteiger partial charge in [-0.15, -0.1) is 0 Å². The van der Waals surface area contributed by atoms with Gasteiger partial charge in [0.1, 0.15) is 0 Å². The summed E-state index contributed by atoms with van der Waals surface area (Å²) in [6.45, 7) is 3.87. The molecule has 1 rings (SSSR count). The minimum Gasteiger partial charge on any atom is -0.481 e. The van der Waals surface area contributed by atoms with Gasteiger partial charge in [0.25, 0.3) is 0 Å². The van der Waals surface area contributed by atoms with Crippen molar-refractivity contribution in [1.82, 2.24) is 5.32 Å². The third kappa shape index (κ3) is 5.20. The topological polar surface area (TPSA) is 95.5 Å². The van der Waals surface area contributed by atoms with Gasteiger partial charge < -0.3 is 10.4 Å². The van der Waals surface area contributed by atoms with Crippen molar-refractivity contribution in [2.75, 3.05) is 5.32 Å². The molecule has 0 heterocycles. The highest BCUT2D eigenvalue weighted by Gasteiger charge is 2.09. The van der Waals surface area contributed by atoms with Crippen LogP contribution in [0.4, 0.5) is 10.5 Å². The fourth-order valence-corrected chi connectivity index (χ4v) is 1.39. The predicted octanol–water partition coefficient (Wildman–Crippen LogP) is 1.82. The first-order valence-corrected chi connectivity index (χ1v) is 5.78. The Kier molecular flexibility index (Phi) is 5.05. The lowest BCUT2D eigenvalue weighted by Gasteiger charge is -2.08. The van der Waals surface area contributed by atoms with Crippen molar-refractivity contribution < 1.29 is 19.5 Å². The average molecular weight is 264 g/mol. The van der Waals surface area contributed by atoms with Crippen LogP contribution in [0.25, 0.3) is 0 Å². The third-order valence-electron chi connectivity index (χ3n) is 2.58. The molecule has 6 nitrogen and oxygen atoms in total. The second-order valence-electron chi connectivity index (χ2n) is 4.20. The Hall–Kier alpha value is -2.37. The maximum Gasteiger partial charge on any atom is 0.325 e. The quantitative estimate of drug-likeness (QED) is 0.772. The summed E-state index contributed by atoms with van der Waals surface area (Å²) in [6, 6.07) is 4.70. The van der Waals surface area contributed by atoms with Crippen molar-refractivity contribution in [2.24, 2.45) is 0 Å². The Morgan fingerprint density at radius 2 is 1.79 bits per heavy atom. The summed E-state index contributed by atoms with van der Waals surface area (Å²) in [6.07, 6.45) is -0.529. The zero-order valence-corrected chi connectivity index (χ0v) is 10.8. The molecule has 19 heavy (non-hydrogen) atoms. The first-order valence-electron chi connectivity index (χ1n) is 5.78. The summed E-state index contributed by atoms with van der Waals surface area (Å²) in [5.74, 6) is -1.70. The maximum atomic E-state index is 11.5. The molecule has 0 spiro atoms. The number of benzene rings is 1. The molecular weight excluding hydrogens is 248 g/mol. The van der Waals surface area contributed by atoms with Gasteiger partial charge in [0.15, 0.2) is 0 Å². The molecule has 0 fully saturated rings. The predicted molar refractivity (Wildman–Crippen MR) is 69.9 cm³/mol. The highest BCUT2D eigenvalue weighted by atomic mass is 16.4. The van der Waals surface area contributed by atoms with E-state index in [0.717, 1.165) is 11.1 Å². The van der Waals surface area contributed by atoms with E-state index in [-0.39, 0.29) is 12.8 Å². The molecule has 0 bridgehead atoms. The number of carboxylic acid groups (broad SMARTS) is 1. The summed E-state index contributed by atoms with van der Waals surface area (Å²) in [5, 5.41) is 13.0. The van der Waals surface area contributed by atoms with Gasteiger partial charge in [-0.25, -0.2) is 4.79 Å². The Balaban J connectivity index is 2.48. The molecule has 0 aliphatic heterocycles. The molecule has 0 aromatic heterocycles. The SMILES string of the molecule is Cc1ccc(NC(=O)NC(=O)CCC(=O)O)cc1C. The number of carbonyl (C=O) groups is 3. The Morgan fingerprint density at radius 1 is 1.11 bits per heavy atom. The van der Waals surface area contributed by atoms with Gasteiger partial charge in [0.2, 0.25) is 5.91 Å². The summed E-state index contributed by atoms with van der Waals surface area (Å²) in [4.78, 5) is 33.0. The summed E-state index contributed by atoms with van der Waals surface area (Å²) >= 11 is 0. The zero-order valence-electron chi connectivity index (χ0n) is 10.8. The molecule has 3 amide bonds. The Bertz CT molecular complexity index is 511. The van der Waals surface area contributed by atoms with Gasteiger partial charge in [0, 0.05) is 12.1 Å². The van der Waals surface area contributed by atoms with E-state index in [1.54, 1.807) is 12.1 Å². The number of aliphatic carboxylic acids is 1. The van der Waals surface area contributed by atoms with Crippen LogP contribution in [-0.4, -0.2) is 23.0 Å². The minimum atomic E-state index is -1.08. The van der Waals surface area contributed by atoms with E-state index in [2.05, 4.69) is 10.6 Å². The normalized spacial score (nSPS) is 9.79. The second kappa shape index (κ2) is 6.53. The number of anilines is 1. The van der Waals surface area contributed by atoms with Crippen LogP contribution >= 0.6 is 0 Å². The van der Waals surface area contributed by atoms with Gasteiger partial charge in [0.05, 0.1) is 6.42 Å². The zero-order chi connectivity index (χ0) is 14.4. The lowest BCUT2D eigenvalue weighted by molar-refractivity contribution is -0.138. The number of aryl methyl sites for hydroxylation is 2.